The maximum atomic E-state index is 14.8. The normalized spacial score (nSPS) is 16.8. The van der Waals surface area contributed by atoms with E-state index in [4.69, 9.17) is 14.2 Å². The maximum absolute atomic E-state index is 14.8. The van der Waals surface area contributed by atoms with Crippen LogP contribution in [0.3, 0.4) is 0 Å². The number of likely N-dealkylation sites (tertiary alicyclic amines) is 1. The molecule has 1 saturated heterocycles. The zero-order valence-corrected chi connectivity index (χ0v) is 39.6. The highest BCUT2D eigenvalue weighted by molar-refractivity contribution is 7.09. The Labute approximate surface area is 380 Å². The average Bonchev–Trinajstić information content (AvgIpc) is 3.75. The van der Waals surface area contributed by atoms with Crippen LogP contribution in [0.25, 0.3) is 0 Å². The first-order valence-corrected chi connectivity index (χ1v) is 23.2. The summed E-state index contributed by atoms with van der Waals surface area (Å²) >= 11 is 1.09. The Hall–Kier alpha value is -5.30. The molecule has 19 heteroatoms. The molecule has 0 bridgehead atoms. The lowest BCUT2D eigenvalue weighted by molar-refractivity contribution is -0.160. The number of hydrazine groups is 1. The lowest BCUT2D eigenvalue weighted by atomic mass is 9.92. The van der Waals surface area contributed by atoms with Gasteiger partial charge in [-0.1, -0.05) is 66.5 Å². The summed E-state index contributed by atoms with van der Waals surface area (Å²) in [7, 11) is 1.90. The van der Waals surface area contributed by atoms with Crippen molar-refractivity contribution in [2.24, 2.45) is 17.8 Å². The fourth-order valence-corrected chi connectivity index (χ4v) is 8.32. The number of nitrogens with zero attached hydrogens (tertiary/aromatic N) is 3. The number of aromatic nitrogens is 1. The molecule has 1 aromatic carbocycles. The van der Waals surface area contributed by atoms with Crippen LogP contribution in [0.5, 0.6) is 5.75 Å². The standard InChI is InChI=1S/C45H69N7O11S/c1-10-15-38(55)62-26-52(44(59)39(28(6)11-2)48-42(58)35-16-13-14-21-51(35)9)36(27(4)5)24-37(63-30(8)53)43-47-34(25-64-43)41(57)46-32(23-31-17-19-33(54)20-18-31)22-29(7)40(56)49-50-45(60)61-12-3/h17-20,25,27-29,32,35-37,39,54H,10-16,21-24,26H2,1-9H3,(H,46,57)(H,48,58)(H,49,56)(H,50,60)/t28-,29-,32+,35+,36+,37+,39-/m0/s1. The monoisotopic (exact) mass is 915 g/mol. The highest BCUT2D eigenvalue weighted by Crippen LogP contribution is 2.32. The Balaban J connectivity index is 1.94. The number of phenolic OH excluding ortho intramolecular Hbond substituents is 1. The number of benzene rings is 1. The van der Waals surface area contributed by atoms with E-state index in [2.05, 4.69) is 26.5 Å². The van der Waals surface area contributed by atoms with Gasteiger partial charge in [-0.2, -0.15) is 0 Å². The minimum Gasteiger partial charge on any atom is -0.508 e. The molecule has 0 saturated carbocycles. The number of aromatic hydroxyl groups is 1. The zero-order chi connectivity index (χ0) is 47.5. The van der Waals surface area contributed by atoms with Gasteiger partial charge < -0.3 is 34.9 Å². The van der Waals surface area contributed by atoms with Gasteiger partial charge in [-0.25, -0.2) is 15.2 Å². The van der Waals surface area contributed by atoms with Crippen molar-refractivity contribution >= 4 is 53.0 Å². The first kappa shape index (κ1) is 53.0. The number of ether oxygens (including phenoxy) is 3. The average molecular weight is 916 g/mol. The van der Waals surface area contributed by atoms with Crippen LogP contribution in [0.15, 0.2) is 29.6 Å². The van der Waals surface area contributed by atoms with Gasteiger partial charge in [0, 0.05) is 43.1 Å². The van der Waals surface area contributed by atoms with Crippen molar-refractivity contribution in [3.8, 4) is 5.75 Å². The summed E-state index contributed by atoms with van der Waals surface area (Å²) in [6.45, 7) is 14.4. The molecule has 64 heavy (non-hydrogen) atoms. The van der Waals surface area contributed by atoms with Crippen LogP contribution in [0.1, 0.15) is 134 Å². The molecule has 0 aliphatic carbocycles. The highest BCUT2D eigenvalue weighted by atomic mass is 32.1. The van der Waals surface area contributed by atoms with Crippen molar-refractivity contribution in [3.63, 3.8) is 0 Å². The van der Waals surface area contributed by atoms with E-state index in [0.29, 0.717) is 19.3 Å². The Bertz CT molecular complexity index is 1860. The Morgan fingerprint density at radius 3 is 2.27 bits per heavy atom. The topological polar surface area (TPSA) is 235 Å². The third-order valence-electron chi connectivity index (χ3n) is 11.3. The predicted molar refractivity (Wildman–Crippen MR) is 239 cm³/mol. The van der Waals surface area contributed by atoms with E-state index in [-0.39, 0.29) is 72.5 Å². The molecule has 7 atom stereocenters. The third kappa shape index (κ3) is 16.7. The third-order valence-corrected chi connectivity index (χ3v) is 12.3. The number of thiazole rings is 1. The number of nitrogens with one attached hydrogen (secondary N) is 4. The van der Waals surface area contributed by atoms with Crippen molar-refractivity contribution in [3.05, 3.63) is 45.9 Å². The number of piperidine rings is 1. The number of carbonyl (C=O) groups is 7. The quantitative estimate of drug-likeness (QED) is 0.0420. The molecule has 3 rings (SSSR count). The molecule has 2 heterocycles. The van der Waals surface area contributed by atoms with Gasteiger partial charge in [-0.3, -0.25) is 39.1 Å². The molecule has 2 aromatic rings. The summed E-state index contributed by atoms with van der Waals surface area (Å²) in [6.07, 6.45) is 2.39. The van der Waals surface area contributed by atoms with E-state index in [1.165, 1.54) is 29.3 Å². The van der Waals surface area contributed by atoms with Crippen LogP contribution < -0.4 is 21.5 Å². The van der Waals surface area contributed by atoms with Gasteiger partial charge in [0.05, 0.1) is 12.6 Å². The highest BCUT2D eigenvalue weighted by Gasteiger charge is 2.39. The number of likely N-dealkylation sites (N-methyl/N-ethyl adjacent to an activating group) is 1. The molecule has 1 fully saturated rings. The smallest absolute Gasteiger partial charge is 0.426 e. The molecule has 0 unspecified atom stereocenters. The molecule has 356 valence electrons. The second-order valence-corrected chi connectivity index (χ2v) is 17.7. The lowest BCUT2D eigenvalue weighted by Crippen LogP contribution is -2.59. The largest absolute Gasteiger partial charge is 0.508 e. The van der Waals surface area contributed by atoms with Gasteiger partial charge in [0.25, 0.3) is 5.91 Å². The summed E-state index contributed by atoms with van der Waals surface area (Å²) in [6, 6.07) is 3.77. The van der Waals surface area contributed by atoms with E-state index >= 15 is 0 Å². The first-order chi connectivity index (χ1) is 30.4. The predicted octanol–water partition coefficient (Wildman–Crippen LogP) is 5.16. The van der Waals surface area contributed by atoms with Crippen molar-refractivity contribution in [1.29, 1.82) is 0 Å². The number of phenols is 1. The van der Waals surface area contributed by atoms with Crippen LogP contribution in [-0.2, 0) is 44.6 Å². The molecule has 1 aromatic heterocycles. The number of esters is 2. The van der Waals surface area contributed by atoms with E-state index < -0.39 is 72.6 Å². The van der Waals surface area contributed by atoms with Crippen LogP contribution in [-0.4, -0.2) is 113 Å². The van der Waals surface area contributed by atoms with Gasteiger partial charge in [-0.05, 0) is 82.2 Å². The molecule has 0 spiro atoms. The molecular weight excluding hydrogens is 847 g/mol. The number of amides is 5. The fraction of sp³-hybridized carbons (Fsp3) is 0.644. The Morgan fingerprint density at radius 1 is 0.953 bits per heavy atom. The second kappa shape index (κ2) is 26.5. The SMILES string of the molecule is CCCC(=O)OCN(C(=O)[C@@H](NC(=O)[C@H]1CCCCN1C)[C@@H](C)CC)[C@H](C[C@@H](OC(C)=O)c1nc(C(=O)N[C@@H](Cc2ccc(O)cc2)C[C@H](C)C(=O)NNC(=O)OCC)cs1)C(C)C. The van der Waals surface area contributed by atoms with E-state index in [1.807, 2.05) is 46.6 Å². The molecule has 18 nitrogen and oxygen atoms in total. The van der Waals surface area contributed by atoms with Crippen LogP contribution in [0, 0.1) is 17.8 Å². The Morgan fingerprint density at radius 2 is 1.66 bits per heavy atom. The van der Waals surface area contributed by atoms with E-state index in [0.717, 1.165) is 36.3 Å². The summed E-state index contributed by atoms with van der Waals surface area (Å²) in [4.78, 5) is 101. The van der Waals surface area contributed by atoms with Crippen LogP contribution in [0.2, 0.25) is 0 Å². The summed E-state index contributed by atoms with van der Waals surface area (Å²) in [5.41, 5.74) is 5.30. The van der Waals surface area contributed by atoms with Gasteiger partial charge >= 0.3 is 18.0 Å². The van der Waals surface area contributed by atoms with E-state index in [9.17, 15) is 38.7 Å². The van der Waals surface area contributed by atoms with Crippen LogP contribution in [0.4, 0.5) is 4.79 Å². The zero-order valence-electron chi connectivity index (χ0n) is 38.8. The lowest BCUT2D eigenvalue weighted by Gasteiger charge is -2.39. The molecule has 1 aliphatic rings. The first-order valence-electron chi connectivity index (χ1n) is 22.3. The number of rotatable bonds is 23. The molecule has 0 radical (unpaired) electrons. The minimum absolute atomic E-state index is 0.0173. The summed E-state index contributed by atoms with van der Waals surface area (Å²) in [5.74, 6) is -4.07. The summed E-state index contributed by atoms with van der Waals surface area (Å²) < 4.78 is 16.3. The van der Waals surface area contributed by atoms with E-state index in [1.54, 1.807) is 26.0 Å². The van der Waals surface area contributed by atoms with Gasteiger partial charge in [0.15, 0.2) is 12.8 Å². The van der Waals surface area contributed by atoms with Crippen molar-refractivity contribution < 1.29 is 52.9 Å². The molecule has 5 N–H and O–H groups in total. The Kier molecular flexibility index (Phi) is 21.9. The fourth-order valence-electron chi connectivity index (χ4n) is 7.48. The molecule has 1 aliphatic heterocycles. The second-order valence-electron chi connectivity index (χ2n) is 16.8. The van der Waals surface area contributed by atoms with Gasteiger partial charge in [0.2, 0.25) is 17.7 Å². The number of hydrogen-bond donors (Lipinski definition) is 5. The van der Waals surface area contributed by atoms with Crippen molar-refractivity contribution in [2.45, 2.75) is 143 Å². The molecular formula is C45H69N7O11S. The minimum atomic E-state index is -1.03. The van der Waals surface area contributed by atoms with Gasteiger partial charge in [0.1, 0.15) is 22.5 Å². The molecule has 5 amide bonds. The number of carbonyl (C=O) groups excluding carboxylic acids is 7. The van der Waals surface area contributed by atoms with Gasteiger partial charge in [-0.15, -0.1) is 11.3 Å². The van der Waals surface area contributed by atoms with Crippen molar-refractivity contribution in [1.82, 2.24) is 36.3 Å². The van der Waals surface area contributed by atoms with Crippen LogP contribution >= 0.6 is 11.3 Å². The maximum Gasteiger partial charge on any atom is 0.426 e. The number of hydrogen-bond acceptors (Lipinski definition) is 14. The summed E-state index contributed by atoms with van der Waals surface area (Å²) in [5, 5.41) is 17.6. The van der Waals surface area contributed by atoms with Crippen molar-refractivity contribution in [2.75, 3.05) is 26.9 Å².